The third-order valence-electron chi connectivity index (χ3n) is 3.98. The number of likely N-dealkylation sites (tertiary alicyclic amines) is 1. The Morgan fingerprint density at radius 2 is 2.32 bits per heavy atom. The fourth-order valence-electron chi connectivity index (χ4n) is 2.84. The number of nitrogens with zero attached hydrogens (tertiary/aromatic N) is 2. The highest BCUT2D eigenvalue weighted by molar-refractivity contribution is 5.72. The number of fused-ring (bicyclic) bond motifs is 1. The van der Waals surface area contributed by atoms with Crippen molar-refractivity contribution in [2.45, 2.75) is 32.4 Å². The Bertz CT molecular complexity index is 516. The van der Waals surface area contributed by atoms with Gasteiger partial charge in [0.15, 0.2) is 5.58 Å². The largest absolute Gasteiger partial charge is 0.439 e. The summed E-state index contributed by atoms with van der Waals surface area (Å²) in [5, 5.41) is 0. The molecule has 4 nitrogen and oxygen atoms in total. The maximum absolute atomic E-state index is 6.02. The van der Waals surface area contributed by atoms with Crippen molar-refractivity contribution in [2.75, 3.05) is 13.1 Å². The molecule has 0 saturated carbocycles. The van der Waals surface area contributed by atoms with Gasteiger partial charge in [-0.1, -0.05) is 12.1 Å². The summed E-state index contributed by atoms with van der Waals surface area (Å²) in [7, 11) is 0. The molecule has 1 fully saturated rings. The molecule has 102 valence electrons. The predicted molar refractivity (Wildman–Crippen MR) is 75.7 cm³/mol. The minimum atomic E-state index is 0.270. The normalized spacial score (nSPS) is 22.7. The molecule has 1 aliphatic heterocycles. The molecule has 4 heteroatoms. The molecule has 0 radical (unpaired) electrons. The number of benzene rings is 1. The molecule has 2 unspecified atom stereocenters. The van der Waals surface area contributed by atoms with Crippen LogP contribution in [0.2, 0.25) is 0 Å². The average Bonchev–Trinajstić information content (AvgIpc) is 2.81. The number of rotatable bonds is 3. The van der Waals surface area contributed by atoms with E-state index in [1.54, 1.807) is 0 Å². The second kappa shape index (κ2) is 5.31. The van der Waals surface area contributed by atoms with Crippen LogP contribution >= 0.6 is 0 Å². The van der Waals surface area contributed by atoms with Gasteiger partial charge in [0.05, 0.1) is 6.54 Å². The molecule has 2 atom stereocenters. The van der Waals surface area contributed by atoms with Crippen LogP contribution in [0, 0.1) is 5.92 Å². The molecule has 1 aromatic carbocycles. The molecule has 0 bridgehead atoms. The fourth-order valence-corrected chi connectivity index (χ4v) is 2.84. The van der Waals surface area contributed by atoms with Crippen LogP contribution in [0.15, 0.2) is 28.7 Å². The van der Waals surface area contributed by atoms with E-state index in [4.69, 9.17) is 10.2 Å². The molecule has 2 N–H and O–H groups in total. The zero-order valence-electron chi connectivity index (χ0n) is 11.4. The zero-order valence-corrected chi connectivity index (χ0v) is 11.4. The topological polar surface area (TPSA) is 55.3 Å². The third-order valence-corrected chi connectivity index (χ3v) is 3.98. The van der Waals surface area contributed by atoms with Crippen molar-refractivity contribution in [1.82, 2.24) is 9.88 Å². The highest BCUT2D eigenvalue weighted by atomic mass is 16.3. The van der Waals surface area contributed by atoms with Gasteiger partial charge in [0.25, 0.3) is 0 Å². The summed E-state index contributed by atoms with van der Waals surface area (Å²) in [5.74, 6) is 1.41. The van der Waals surface area contributed by atoms with Gasteiger partial charge in [0, 0.05) is 12.6 Å². The van der Waals surface area contributed by atoms with E-state index < -0.39 is 0 Å². The van der Waals surface area contributed by atoms with Crippen molar-refractivity contribution in [3.8, 4) is 0 Å². The molecule has 1 saturated heterocycles. The van der Waals surface area contributed by atoms with Gasteiger partial charge < -0.3 is 10.2 Å². The number of piperidine rings is 1. The zero-order chi connectivity index (χ0) is 13.2. The third kappa shape index (κ3) is 2.80. The molecule has 2 aromatic rings. The highest BCUT2D eigenvalue weighted by Gasteiger charge is 2.23. The highest BCUT2D eigenvalue weighted by Crippen LogP contribution is 2.22. The quantitative estimate of drug-likeness (QED) is 0.919. The summed E-state index contributed by atoms with van der Waals surface area (Å²) < 4.78 is 5.78. The molecule has 1 aromatic heterocycles. The predicted octanol–water partition coefficient (Wildman–Crippen LogP) is 2.39. The van der Waals surface area contributed by atoms with Gasteiger partial charge >= 0.3 is 0 Å². The Hall–Kier alpha value is -1.39. The first-order valence-corrected chi connectivity index (χ1v) is 7.05. The number of para-hydroxylation sites is 2. The summed E-state index contributed by atoms with van der Waals surface area (Å²) in [6, 6.07) is 8.19. The number of aromatic nitrogens is 1. The van der Waals surface area contributed by atoms with Crippen LogP contribution in [0.3, 0.4) is 0 Å². The fraction of sp³-hybridized carbons (Fsp3) is 0.533. The first-order chi connectivity index (χ1) is 9.22. The molecular weight excluding hydrogens is 238 g/mol. The lowest BCUT2D eigenvalue weighted by molar-refractivity contribution is 0.144. The second-order valence-corrected chi connectivity index (χ2v) is 5.57. The van der Waals surface area contributed by atoms with Crippen molar-refractivity contribution < 1.29 is 4.42 Å². The Morgan fingerprint density at radius 3 is 3.11 bits per heavy atom. The minimum Gasteiger partial charge on any atom is -0.439 e. The van der Waals surface area contributed by atoms with Gasteiger partial charge in [0.1, 0.15) is 5.52 Å². The van der Waals surface area contributed by atoms with Gasteiger partial charge in [0.2, 0.25) is 5.89 Å². The van der Waals surface area contributed by atoms with Crippen LogP contribution in [0.1, 0.15) is 25.7 Å². The van der Waals surface area contributed by atoms with Crippen LogP contribution in [-0.2, 0) is 6.54 Å². The Labute approximate surface area is 113 Å². The second-order valence-electron chi connectivity index (χ2n) is 5.57. The van der Waals surface area contributed by atoms with Crippen molar-refractivity contribution in [3.05, 3.63) is 30.2 Å². The molecule has 1 aliphatic rings. The summed E-state index contributed by atoms with van der Waals surface area (Å²) in [6.07, 6.45) is 2.45. The lowest BCUT2D eigenvalue weighted by Gasteiger charge is -2.33. The molecular formula is C15H21N3O. The first kappa shape index (κ1) is 12.6. The van der Waals surface area contributed by atoms with Crippen molar-refractivity contribution in [3.63, 3.8) is 0 Å². The summed E-state index contributed by atoms with van der Waals surface area (Å²) in [6.45, 7) is 5.06. The lowest BCUT2D eigenvalue weighted by atomic mass is 9.92. The van der Waals surface area contributed by atoms with Crippen LogP contribution < -0.4 is 5.73 Å². The molecule has 19 heavy (non-hydrogen) atoms. The smallest absolute Gasteiger partial charge is 0.209 e. The van der Waals surface area contributed by atoms with Crippen LogP contribution in [0.4, 0.5) is 0 Å². The monoisotopic (exact) mass is 259 g/mol. The Kier molecular flexibility index (Phi) is 3.53. The first-order valence-electron chi connectivity index (χ1n) is 7.05. The molecule has 0 amide bonds. The maximum atomic E-state index is 6.02. The summed E-state index contributed by atoms with van der Waals surface area (Å²) in [4.78, 5) is 6.94. The minimum absolute atomic E-state index is 0.270. The molecule has 2 heterocycles. The molecule has 0 spiro atoms. The number of oxazole rings is 1. The Balaban J connectivity index is 1.70. The SMILES string of the molecule is CC(N)C1CCCN(Cc2nc3ccccc3o2)C1. The van der Waals surface area contributed by atoms with E-state index in [2.05, 4.69) is 16.8 Å². The van der Waals surface area contributed by atoms with Crippen molar-refractivity contribution in [1.29, 1.82) is 0 Å². The van der Waals surface area contributed by atoms with E-state index in [9.17, 15) is 0 Å². The van der Waals surface area contributed by atoms with E-state index in [0.29, 0.717) is 5.92 Å². The maximum Gasteiger partial charge on any atom is 0.209 e. The van der Waals surface area contributed by atoms with Crippen LogP contribution in [-0.4, -0.2) is 29.0 Å². The van der Waals surface area contributed by atoms with Crippen LogP contribution in [0.5, 0.6) is 0 Å². The van der Waals surface area contributed by atoms with Crippen molar-refractivity contribution >= 4 is 11.1 Å². The van der Waals surface area contributed by atoms with Gasteiger partial charge in [-0.15, -0.1) is 0 Å². The number of hydrogen-bond acceptors (Lipinski definition) is 4. The van der Waals surface area contributed by atoms with E-state index in [1.165, 1.54) is 12.8 Å². The number of nitrogens with two attached hydrogens (primary N) is 1. The van der Waals surface area contributed by atoms with Gasteiger partial charge in [-0.25, -0.2) is 4.98 Å². The van der Waals surface area contributed by atoms with E-state index >= 15 is 0 Å². The molecule has 0 aliphatic carbocycles. The van der Waals surface area contributed by atoms with E-state index in [0.717, 1.165) is 36.6 Å². The van der Waals surface area contributed by atoms with Gasteiger partial charge in [-0.05, 0) is 44.4 Å². The number of hydrogen-bond donors (Lipinski definition) is 1. The Morgan fingerprint density at radius 1 is 1.47 bits per heavy atom. The molecule has 3 rings (SSSR count). The average molecular weight is 259 g/mol. The van der Waals surface area contributed by atoms with E-state index in [1.807, 2.05) is 24.3 Å². The lowest BCUT2D eigenvalue weighted by Crippen LogP contribution is -2.41. The van der Waals surface area contributed by atoms with Crippen LogP contribution in [0.25, 0.3) is 11.1 Å². The van der Waals surface area contributed by atoms with Gasteiger partial charge in [-0.3, -0.25) is 4.90 Å². The van der Waals surface area contributed by atoms with Crippen molar-refractivity contribution in [2.24, 2.45) is 11.7 Å². The standard InChI is InChI=1S/C15H21N3O/c1-11(16)12-5-4-8-18(9-12)10-15-17-13-6-2-3-7-14(13)19-15/h2-3,6-7,11-12H,4-5,8-10,16H2,1H3. The summed E-state index contributed by atoms with van der Waals surface area (Å²) >= 11 is 0. The van der Waals surface area contributed by atoms with Gasteiger partial charge in [-0.2, -0.15) is 0 Å². The summed E-state index contributed by atoms with van der Waals surface area (Å²) in [5.41, 5.74) is 7.83. The van der Waals surface area contributed by atoms with E-state index in [-0.39, 0.29) is 6.04 Å².